The van der Waals surface area contributed by atoms with Crippen molar-refractivity contribution in [3.05, 3.63) is 0 Å². The van der Waals surface area contributed by atoms with Crippen LogP contribution in [0.2, 0.25) is 0 Å². The van der Waals surface area contributed by atoms with Crippen molar-refractivity contribution < 1.29 is 33.7 Å². The van der Waals surface area contributed by atoms with Crippen molar-refractivity contribution in [3.63, 3.8) is 0 Å². The number of hydrogen-bond acceptors (Lipinski definition) is 5. The van der Waals surface area contributed by atoms with Gasteiger partial charge in [0.25, 0.3) is 0 Å². The Balaban J connectivity index is -0.0000000817. The van der Waals surface area contributed by atoms with Crippen molar-refractivity contribution in [1.29, 1.82) is 0 Å². The molecule has 0 spiro atoms. The zero-order valence-electron chi connectivity index (χ0n) is 5.12. The zero-order valence-corrected chi connectivity index (χ0v) is 6.53. The van der Waals surface area contributed by atoms with Crippen LogP contribution in [0.1, 0.15) is 0 Å². The van der Waals surface area contributed by atoms with Crippen LogP contribution in [0.3, 0.4) is 0 Å². The van der Waals surface area contributed by atoms with Crippen LogP contribution in [-0.4, -0.2) is 40.5 Å². The Kier molecular flexibility index (Phi) is 24.6. The Morgan fingerprint density at radius 1 is 1.27 bits per heavy atom. The molecule has 0 rings (SSSR count). The van der Waals surface area contributed by atoms with E-state index in [2.05, 4.69) is 15.5 Å². The average molecular weight is 183 g/mol. The van der Waals surface area contributed by atoms with Gasteiger partial charge < -0.3 is 24.1 Å². The van der Waals surface area contributed by atoms with Crippen LogP contribution in [0.5, 0.6) is 0 Å². The van der Waals surface area contributed by atoms with E-state index in [-0.39, 0.29) is 32.5 Å². The van der Waals surface area contributed by atoms with Gasteiger partial charge in [-0.1, -0.05) is 0 Å². The molecule has 9 heteroatoms. The maximum Gasteiger partial charge on any atom is 2.00 e. The van der Waals surface area contributed by atoms with E-state index in [0.29, 0.717) is 0 Å². The third-order valence-electron chi connectivity index (χ3n) is 0.267. The minimum Gasteiger partial charge on any atom is -1.00 e. The number of carbonyl (C=O) groups excluding carboxylic acids is 1. The summed E-state index contributed by atoms with van der Waals surface area (Å²) in [5.74, 6) is 4.18. The Morgan fingerprint density at radius 3 is 1.73 bits per heavy atom. The van der Waals surface area contributed by atoms with Crippen LogP contribution >= 0.6 is 0 Å². The van der Waals surface area contributed by atoms with E-state index >= 15 is 0 Å². The molecule has 0 heterocycles. The van der Waals surface area contributed by atoms with Gasteiger partial charge in [-0.15, -0.1) is 0 Å². The first kappa shape index (κ1) is 22.4. The zero-order chi connectivity index (χ0) is 6.57. The molecule has 0 aliphatic carbocycles. The maximum absolute atomic E-state index is 9.67. The molecule has 0 aliphatic heterocycles. The van der Waals surface area contributed by atoms with Gasteiger partial charge in [-0.2, -0.15) is 5.90 Å². The van der Waals surface area contributed by atoms with Crippen molar-refractivity contribution in [2.24, 2.45) is 5.90 Å². The topological polar surface area (TPSA) is 98.9 Å². The summed E-state index contributed by atoms with van der Waals surface area (Å²) in [7, 11) is 0. The number of halogens is 2. The monoisotopic (exact) mass is 183 g/mol. The first-order chi connectivity index (χ1) is 3.66. The molecule has 0 bridgehead atoms. The maximum atomic E-state index is 9.67. The van der Waals surface area contributed by atoms with Gasteiger partial charge in [-0.25, -0.2) is 9.59 Å². The minimum atomic E-state index is -1.75. The van der Waals surface area contributed by atoms with Crippen LogP contribution in [0.25, 0.3) is 0 Å². The molecule has 62 valence electrons. The number of carbonyl (C=O) groups is 2. The molecular formula is C2H3F2MgNO5. The van der Waals surface area contributed by atoms with Crippen molar-refractivity contribution in [2.45, 2.75) is 0 Å². The van der Waals surface area contributed by atoms with E-state index in [9.17, 15) is 9.59 Å². The summed E-state index contributed by atoms with van der Waals surface area (Å²) in [6.07, 6.45) is -3.20. The van der Waals surface area contributed by atoms with E-state index in [1.807, 2.05) is 0 Å². The molecule has 0 unspecified atom stereocenters. The van der Waals surface area contributed by atoms with E-state index in [1.165, 1.54) is 0 Å². The largest absolute Gasteiger partial charge is 2.00 e. The minimum absolute atomic E-state index is 0. The second-order valence-corrected chi connectivity index (χ2v) is 0.736. The Morgan fingerprint density at radius 2 is 1.64 bits per heavy atom. The SMILES string of the molecule is NOC(=O)OC(=O)O.[F-].[F-].[Mg+2]. The van der Waals surface area contributed by atoms with E-state index in [1.54, 1.807) is 0 Å². The number of ether oxygens (including phenoxy) is 1. The third-order valence-corrected chi connectivity index (χ3v) is 0.267. The second kappa shape index (κ2) is 12.0. The number of carboxylic acid groups (broad SMARTS) is 1. The fourth-order valence-electron chi connectivity index (χ4n) is 0.0953. The van der Waals surface area contributed by atoms with Crippen LogP contribution in [0.15, 0.2) is 0 Å². The second-order valence-electron chi connectivity index (χ2n) is 0.736. The van der Waals surface area contributed by atoms with Gasteiger partial charge in [0.1, 0.15) is 0 Å². The van der Waals surface area contributed by atoms with Crippen molar-refractivity contribution in [2.75, 3.05) is 0 Å². The van der Waals surface area contributed by atoms with Crippen LogP contribution in [0, 0.1) is 0 Å². The summed E-state index contributed by atoms with van der Waals surface area (Å²) in [6.45, 7) is 0. The molecule has 11 heavy (non-hydrogen) atoms. The molecule has 0 fully saturated rings. The van der Waals surface area contributed by atoms with Crippen molar-refractivity contribution in [3.8, 4) is 0 Å². The molecule has 0 saturated heterocycles. The van der Waals surface area contributed by atoms with Gasteiger partial charge in [-0.3, -0.25) is 0 Å². The van der Waals surface area contributed by atoms with Crippen LogP contribution in [0.4, 0.5) is 9.59 Å². The van der Waals surface area contributed by atoms with Gasteiger partial charge >= 0.3 is 35.4 Å². The third kappa shape index (κ3) is 17.6. The number of nitrogens with two attached hydrogens (primary N) is 1. The van der Waals surface area contributed by atoms with Gasteiger partial charge in [0.2, 0.25) is 0 Å². The van der Waals surface area contributed by atoms with E-state index < -0.39 is 12.3 Å². The molecule has 0 amide bonds. The quantitative estimate of drug-likeness (QED) is 0.168. The van der Waals surface area contributed by atoms with E-state index in [4.69, 9.17) is 5.11 Å². The van der Waals surface area contributed by atoms with Gasteiger partial charge in [0.05, 0.1) is 0 Å². The molecule has 0 radical (unpaired) electrons. The fourth-order valence-corrected chi connectivity index (χ4v) is 0.0953. The number of hydrogen-bond donors (Lipinski definition) is 2. The number of rotatable bonds is 0. The summed E-state index contributed by atoms with van der Waals surface area (Å²) in [5, 5.41) is 7.64. The predicted molar refractivity (Wildman–Crippen MR) is 25.5 cm³/mol. The normalized spacial score (nSPS) is 5.55. The molecule has 0 atom stereocenters. The molecule has 3 N–H and O–H groups in total. The summed E-state index contributed by atoms with van der Waals surface area (Å²) >= 11 is 0. The van der Waals surface area contributed by atoms with Gasteiger partial charge in [0, 0.05) is 0 Å². The summed E-state index contributed by atoms with van der Waals surface area (Å²) in [4.78, 5) is 22.4. The van der Waals surface area contributed by atoms with Crippen LogP contribution in [-0.2, 0) is 9.57 Å². The predicted octanol–water partition coefficient (Wildman–Crippen LogP) is -6.68. The molecule has 0 aromatic rings. The molecule has 0 aromatic carbocycles. The molecule has 0 saturated carbocycles. The summed E-state index contributed by atoms with van der Waals surface area (Å²) in [6, 6.07) is 0. The van der Waals surface area contributed by atoms with Gasteiger partial charge in [-0.05, 0) is 0 Å². The molecule has 6 nitrogen and oxygen atoms in total. The Labute approximate surface area is 75.5 Å². The molecule has 0 aliphatic rings. The smallest absolute Gasteiger partial charge is 1.00 e. The summed E-state index contributed by atoms with van der Waals surface area (Å²) < 4.78 is 3.33. The average Bonchev–Trinajstić information content (AvgIpc) is 1.65. The standard InChI is InChI=1S/C2H3NO5.2FH.Mg/c3-8-2(6)7-1(4)5;;;/h3H2,(H,4,5);2*1H;/q;;;+2/p-2. The van der Waals surface area contributed by atoms with Crippen LogP contribution < -0.4 is 15.3 Å². The summed E-state index contributed by atoms with van der Waals surface area (Å²) in [5.41, 5.74) is 0. The fraction of sp³-hybridized carbons (Fsp3) is 0. The van der Waals surface area contributed by atoms with Gasteiger partial charge in [0.15, 0.2) is 0 Å². The first-order valence-electron chi connectivity index (χ1n) is 1.48. The first-order valence-corrected chi connectivity index (χ1v) is 1.48. The van der Waals surface area contributed by atoms with Crippen molar-refractivity contribution >= 4 is 35.4 Å². The Hall–Kier alpha value is -0.674. The molecular weight excluding hydrogens is 180 g/mol. The Bertz CT molecular complexity index is 121. The van der Waals surface area contributed by atoms with E-state index in [0.717, 1.165) is 0 Å². The molecule has 0 aromatic heterocycles. The van der Waals surface area contributed by atoms with Crippen molar-refractivity contribution in [1.82, 2.24) is 0 Å².